The number of hydrogen-bond acceptors (Lipinski definition) is 3. The number of carbonyl (C=O) groups is 1. The second-order valence-corrected chi connectivity index (χ2v) is 6.94. The highest BCUT2D eigenvalue weighted by molar-refractivity contribution is 6.30. The van der Waals surface area contributed by atoms with Crippen molar-refractivity contribution < 1.29 is 9.53 Å². The molecule has 0 radical (unpaired) electrons. The molecule has 24 heavy (non-hydrogen) atoms. The Bertz CT molecular complexity index is 680. The predicted molar refractivity (Wildman–Crippen MR) is 95.3 cm³/mol. The van der Waals surface area contributed by atoms with Crippen LogP contribution in [0.1, 0.15) is 26.6 Å². The fraction of sp³-hybridized carbons (Fsp3) is 0.444. The van der Waals surface area contributed by atoms with Gasteiger partial charge in [0, 0.05) is 30.5 Å². The summed E-state index contributed by atoms with van der Waals surface area (Å²) in [5, 5.41) is 3.60. The Morgan fingerprint density at radius 1 is 1.38 bits per heavy atom. The molecule has 6 heteroatoms. The molecule has 0 fully saturated rings. The summed E-state index contributed by atoms with van der Waals surface area (Å²) >= 11 is 5.86. The van der Waals surface area contributed by atoms with Crippen LogP contribution in [0.15, 0.2) is 36.7 Å². The molecule has 130 valence electrons. The maximum atomic E-state index is 12.4. The zero-order valence-corrected chi connectivity index (χ0v) is 15.3. The first kappa shape index (κ1) is 18.3. The Morgan fingerprint density at radius 2 is 2.04 bits per heavy atom. The van der Waals surface area contributed by atoms with Gasteiger partial charge >= 0.3 is 0 Å². The topological polar surface area (TPSA) is 56.2 Å². The highest BCUT2D eigenvalue weighted by Crippen LogP contribution is 2.21. The average molecular weight is 350 g/mol. The quantitative estimate of drug-likeness (QED) is 0.832. The zero-order chi connectivity index (χ0) is 17.7. The Kier molecular flexibility index (Phi) is 5.89. The van der Waals surface area contributed by atoms with Crippen molar-refractivity contribution in [3.63, 3.8) is 0 Å². The lowest BCUT2D eigenvalue weighted by Crippen LogP contribution is -2.47. The maximum Gasteiger partial charge on any atom is 0.263 e. The molecule has 0 aliphatic carbocycles. The van der Waals surface area contributed by atoms with Crippen LogP contribution in [0.4, 0.5) is 0 Å². The number of halogens is 1. The molecule has 2 rings (SSSR count). The third kappa shape index (κ3) is 4.99. The van der Waals surface area contributed by atoms with Gasteiger partial charge in [0.15, 0.2) is 5.60 Å². The van der Waals surface area contributed by atoms with E-state index in [9.17, 15) is 4.79 Å². The van der Waals surface area contributed by atoms with Gasteiger partial charge in [-0.05, 0) is 51.0 Å². The van der Waals surface area contributed by atoms with Gasteiger partial charge < -0.3 is 14.6 Å². The summed E-state index contributed by atoms with van der Waals surface area (Å²) in [5.74, 6) is 1.72. The van der Waals surface area contributed by atoms with Crippen molar-refractivity contribution in [1.29, 1.82) is 0 Å². The van der Waals surface area contributed by atoms with Crippen molar-refractivity contribution in [3.05, 3.63) is 47.5 Å². The van der Waals surface area contributed by atoms with Crippen molar-refractivity contribution in [2.24, 2.45) is 5.92 Å². The molecule has 0 saturated carbocycles. The van der Waals surface area contributed by atoms with E-state index in [0.717, 1.165) is 12.4 Å². The number of nitrogens with zero attached hydrogens (tertiary/aromatic N) is 2. The van der Waals surface area contributed by atoms with Gasteiger partial charge in [0.1, 0.15) is 11.6 Å². The van der Waals surface area contributed by atoms with E-state index in [4.69, 9.17) is 16.3 Å². The summed E-state index contributed by atoms with van der Waals surface area (Å²) in [7, 11) is 0. The van der Waals surface area contributed by atoms with Crippen molar-refractivity contribution in [3.8, 4) is 5.75 Å². The van der Waals surface area contributed by atoms with E-state index in [0.29, 0.717) is 17.3 Å². The molecule has 0 bridgehead atoms. The molecule has 0 aliphatic heterocycles. The van der Waals surface area contributed by atoms with Crippen molar-refractivity contribution >= 4 is 17.5 Å². The first-order valence-corrected chi connectivity index (χ1v) is 8.36. The van der Waals surface area contributed by atoms with Crippen molar-refractivity contribution in [2.45, 2.75) is 39.8 Å². The van der Waals surface area contributed by atoms with E-state index in [2.05, 4.69) is 21.8 Å². The van der Waals surface area contributed by atoms with Crippen LogP contribution in [0.25, 0.3) is 0 Å². The number of amides is 1. The molecule has 0 aliphatic rings. The molecule has 5 nitrogen and oxygen atoms in total. The van der Waals surface area contributed by atoms with Gasteiger partial charge in [-0.1, -0.05) is 18.5 Å². The zero-order valence-electron chi connectivity index (χ0n) is 14.5. The summed E-state index contributed by atoms with van der Waals surface area (Å²) in [5.41, 5.74) is -0.960. The number of rotatable bonds is 7. The van der Waals surface area contributed by atoms with Gasteiger partial charge in [0.2, 0.25) is 0 Å². The molecule has 1 heterocycles. The lowest BCUT2D eigenvalue weighted by Gasteiger charge is -2.26. The van der Waals surface area contributed by atoms with Crippen LogP contribution in [0.2, 0.25) is 5.02 Å². The number of aromatic nitrogens is 2. The van der Waals surface area contributed by atoms with Crippen LogP contribution in [-0.2, 0) is 11.3 Å². The molecule has 2 aromatic rings. The van der Waals surface area contributed by atoms with Crippen molar-refractivity contribution in [1.82, 2.24) is 14.9 Å². The lowest BCUT2D eigenvalue weighted by atomic mass is 10.1. The van der Waals surface area contributed by atoms with Crippen LogP contribution in [0.5, 0.6) is 5.75 Å². The van der Waals surface area contributed by atoms with E-state index in [-0.39, 0.29) is 11.8 Å². The molecular weight excluding hydrogens is 326 g/mol. The fourth-order valence-corrected chi connectivity index (χ4v) is 2.45. The Hall–Kier alpha value is -2.01. The highest BCUT2D eigenvalue weighted by Gasteiger charge is 2.30. The number of imidazole rings is 1. The maximum absolute atomic E-state index is 12.4. The van der Waals surface area contributed by atoms with Crippen LogP contribution in [0, 0.1) is 12.8 Å². The van der Waals surface area contributed by atoms with Gasteiger partial charge in [0.25, 0.3) is 5.91 Å². The Balaban J connectivity index is 1.85. The normalized spacial score (nSPS) is 12.7. The van der Waals surface area contributed by atoms with Gasteiger partial charge in [-0.25, -0.2) is 4.98 Å². The number of ether oxygens (including phenoxy) is 1. The molecule has 1 N–H and O–H groups in total. The highest BCUT2D eigenvalue weighted by atomic mass is 35.5. The monoisotopic (exact) mass is 349 g/mol. The minimum absolute atomic E-state index is 0.147. The fourth-order valence-electron chi connectivity index (χ4n) is 2.32. The van der Waals surface area contributed by atoms with Crippen molar-refractivity contribution in [2.75, 3.05) is 6.54 Å². The van der Waals surface area contributed by atoms with E-state index in [1.54, 1.807) is 44.3 Å². The summed E-state index contributed by atoms with van der Waals surface area (Å²) < 4.78 is 7.87. The average Bonchev–Trinajstić information content (AvgIpc) is 2.92. The summed E-state index contributed by atoms with van der Waals surface area (Å²) in [4.78, 5) is 16.6. The number of hydrogen-bond donors (Lipinski definition) is 1. The molecule has 1 atom stereocenters. The van der Waals surface area contributed by atoms with E-state index >= 15 is 0 Å². The summed E-state index contributed by atoms with van der Waals surface area (Å²) in [6.45, 7) is 8.94. The predicted octanol–water partition coefficient (Wildman–Crippen LogP) is 3.45. The first-order valence-electron chi connectivity index (χ1n) is 7.98. The number of carbonyl (C=O) groups excluding carboxylic acids is 1. The number of benzene rings is 1. The largest absolute Gasteiger partial charge is 0.478 e. The van der Waals surface area contributed by atoms with Crippen LogP contribution < -0.4 is 10.1 Å². The molecular formula is C18H24ClN3O2. The Morgan fingerprint density at radius 3 is 2.62 bits per heavy atom. The van der Waals surface area contributed by atoms with E-state index in [1.807, 2.05) is 13.1 Å². The second-order valence-electron chi connectivity index (χ2n) is 6.51. The summed E-state index contributed by atoms with van der Waals surface area (Å²) in [6, 6.07) is 6.98. The smallest absolute Gasteiger partial charge is 0.263 e. The van der Waals surface area contributed by atoms with Gasteiger partial charge in [-0.15, -0.1) is 0 Å². The lowest BCUT2D eigenvalue weighted by molar-refractivity contribution is -0.134. The Labute approximate surface area is 148 Å². The number of aryl methyl sites for hydroxylation is 1. The summed E-state index contributed by atoms with van der Waals surface area (Å²) in [6.07, 6.45) is 3.73. The van der Waals surface area contributed by atoms with Crippen LogP contribution in [0.3, 0.4) is 0 Å². The molecule has 1 aromatic heterocycles. The SMILES string of the molecule is Cc1nccn1C[C@@H](C)CNC(=O)C(C)(C)Oc1ccc(Cl)cc1. The minimum atomic E-state index is -0.960. The molecule has 1 aromatic carbocycles. The van der Waals surface area contributed by atoms with Crippen LogP contribution >= 0.6 is 11.6 Å². The molecule has 0 spiro atoms. The molecule has 1 amide bonds. The minimum Gasteiger partial charge on any atom is -0.478 e. The first-order chi connectivity index (χ1) is 11.3. The standard InChI is InChI=1S/C18H24ClN3O2/c1-13(12-22-10-9-20-14(22)2)11-21-17(23)18(3,4)24-16-7-5-15(19)6-8-16/h5-10,13H,11-12H2,1-4H3,(H,21,23)/t13-/m0/s1. The van der Waals surface area contributed by atoms with E-state index in [1.165, 1.54) is 0 Å². The third-order valence-electron chi connectivity index (χ3n) is 3.78. The van der Waals surface area contributed by atoms with Gasteiger partial charge in [0.05, 0.1) is 0 Å². The van der Waals surface area contributed by atoms with Gasteiger partial charge in [-0.2, -0.15) is 0 Å². The van der Waals surface area contributed by atoms with Gasteiger partial charge in [-0.3, -0.25) is 4.79 Å². The van der Waals surface area contributed by atoms with E-state index < -0.39 is 5.60 Å². The third-order valence-corrected chi connectivity index (χ3v) is 4.03. The molecule has 0 unspecified atom stereocenters. The second kappa shape index (κ2) is 7.71. The molecule has 0 saturated heterocycles. The number of nitrogens with one attached hydrogen (secondary N) is 1. The van der Waals surface area contributed by atoms with Crippen LogP contribution in [-0.4, -0.2) is 27.6 Å².